The van der Waals surface area contributed by atoms with Gasteiger partial charge in [-0.25, -0.2) is 0 Å². The molecule has 1 aliphatic rings. The molecular weight excluding hydrogens is 314 g/mol. The van der Waals surface area contributed by atoms with E-state index >= 15 is 0 Å². The first kappa shape index (κ1) is 16.0. The zero-order valence-electron chi connectivity index (χ0n) is 12.5. The van der Waals surface area contributed by atoms with Gasteiger partial charge in [0.05, 0.1) is 6.10 Å². The first-order chi connectivity index (χ1) is 9.52. The van der Waals surface area contributed by atoms with Crippen LogP contribution in [-0.4, -0.2) is 11.7 Å². The smallest absolute Gasteiger partial charge is 0.0858 e. The van der Waals surface area contributed by atoms with Crippen LogP contribution in [0.1, 0.15) is 56.3 Å². The quantitative estimate of drug-likeness (QED) is 0.857. The van der Waals surface area contributed by atoms with E-state index in [1.54, 1.807) is 0 Å². The molecule has 112 valence electrons. The zero-order chi connectivity index (χ0) is 14.8. The molecule has 0 spiro atoms. The minimum Gasteiger partial charge on any atom is -0.388 e. The highest BCUT2D eigenvalue weighted by molar-refractivity contribution is 9.10. The van der Waals surface area contributed by atoms with Crippen molar-refractivity contribution in [2.45, 2.75) is 52.1 Å². The van der Waals surface area contributed by atoms with Gasteiger partial charge in [-0.15, -0.1) is 0 Å². The summed E-state index contributed by atoms with van der Waals surface area (Å²) in [6.07, 6.45) is 5.24. The van der Waals surface area contributed by atoms with Crippen molar-refractivity contribution in [3.05, 3.63) is 33.8 Å². The SMILES string of the molecule is CCC1CCC(CN)(C(O)c2ccc(C)c(Br)c2)CC1. The molecule has 1 fully saturated rings. The maximum atomic E-state index is 10.9. The highest BCUT2D eigenvalue weighted by Gasteiger charge is 2.40. The average Bonchev–Trinajstić information content (AvgIpc) is 2.49. The lowest BCUT2D eigenvalue weighted by Gasteiger charge is -2.43. The van der Waals surface area contributed by atoms with Gasteiger partial charge in [0.25, 0.3) is 0 Å². The number of aliphatic hydroxyl groups is 1. The Balaban J connectivity index is 2.20. The zero-order valence-corrected chi connectivity index (χ0v) is 14.1. The summed E-state index contributed by atoms with van der Waals surface area (Å²) in [7, 11) is 0. The van der Waals surface area contributed by atoms with Crippen LogP contribution in [0, 0.1) is 18.3 Å². The molecule has 0 amide bonds. The van der Waals surface area contributed by atoms with Crippen LogP contribution in [0.2, 0.25) is 0 Å². The Labute approximate surface area is 130 Å². The maximum Gasteiger partial charge on any atom is 0.0858 e. The molecule has 0 bridgehead atoms. The van der Waals surface area contributed by atoms with Crippen molar-refractivity contribution in [2.75, 3.05) is 6.54 Å². The van der Waals surface area contributed by atoms with Crippen molar-refractivity contribution >= 4 is 15.9 Å². The van der Waals surface area contributed by atoms with Gasteiger partial charge in [0.2, 0.25) is 0 Å². The maximum absolute atomic E-state index is 10.9. The van der Waals surface area contributed by atoms with Crippen LogP contribution in [-0.2, 0) is 0 Å². The summed E-state index contributed by atoms with van der Waals surface area (Å²) < 4.78 is 1.06. The van der Waals surface area contributed by atoms with Gasteiger partial charge in [-0.3, -0.25) is 0 Å². The Hall–Kier alpha value is -0.380. The van der Waals surface area contributed by atoms with E-state index in [2.05, 4.69) is 35.8 Å². The summed E-state index contributed by atoms with van der Waals surface area (Å²) >= 11 is 3.56. The second-order valence-corrected chi connectivity index (χ2v) is 7.18. The standard InChI is InChI=1S/C17H26BrNO/c1-3-13-6-8-17(11-19,9-7-13)16(20)14-5-4-12(2)15(18)10-14/h4-5,10,13,16,20H,3,6-9,11,19H2,1-2H3. The molecule has 0 heterocycles. The Morgan fingerprint density at radius 1 is 1.40 bits per heavy atom. The molecule has 2 rings (SSSR count). The summed E-state index contributed by atoms with van der Waals surface area (Å²) in [6, 6.07) is 6.14. The molecular formula is C17H26BrNO. The monoisotopic (exact) mass is 339 g/mol. The summed E-state index contributed by atoms with van der Waals surface area (Å²) in [5.74, 6) is 0.812. The highest BCUT2D eigenvalue weighted by Crippen LogP contribution is 2.47. The molecule has 20 heavy (non-hydrogen) atoms. The fraction of sp³-hybridized carbons (Fsp3) is 0.647. The van der Waals surface area contributed by atoms with Crippen molar-refractivity contribution in [2.24, 2.45) is 17.1 Å². The third kappa shape index (κ3) is 3.10. The fourth-order valence-corrected chi connectivity index (χ4v) is 3.78. The van der Waals surface area contributed by atoms with Gasteiger partial charge < -0.3 is 10.8 Å². The summed E-state index contributed by atoms with van der Waals surface area (Å²) in [6.45, 7) is 4.88. The summed E-state index contributed by atoms with van der Waals surface area (Å²) in [5.41, 5.74) is 8.10. The molecule has 0 aromatic heterocycles. The number of hydrogen-bond acceptors (Lipinski definition) is 2. The predicted molar refractivity (Wildman–Crippen MR) is 87.6 cm³/mol. The molecule has 1 aliphatic carbocycles. The van der Waals surface area contributed by atoms with Crippen LogP contribution in [0.3, 0.4) is 0 Å². The number of hydrogen-bond donors (Lipinski definition) is 2. The van der Waals surface area contributed by atoms with Crippen LogP contribution in [0.4, 0.5) is 0 Å². The average molecular weight is 340 g/mol. The van der Waals surface area contributed by atoms with E-state index in [4.69, 9.17) is 5.73 Å². The van der Waals surface area contributed by atoms with Gasteiger partial charge in [0.1, 0.15) is 0 Å². The number of nitrogens with two attached hydrogens (primary N) is 1. The van der Waals surface area contributed by atoms with Gasteiger partial charge in [-0.1, -0.05) is 41.4 Å². The van der Waals surface area contributed by atoms with Gasteiger partial charge in [0.15, 0.2) is 0 Å². The lowest BCUT2D eigenvalue weighted by molar-refractivity contribution is -0.0103. The van der Waals surface area contributed by atoms with Crippen LogP contribution < -0.4 is 5.73 Å². The lowest BCUT2D eigenvalue weighted by atomic mass is 9.65. The van der Waals surface area contributed by atoms with Gasteiger partial charge >= 0.3 is 0 Å². The molecule has 1 saturated carbocycles. The molecule has 1 aromatic rings. The normalized spacial score (nSPS) is 28.4. The molecule has 3 N–H and O–H groups in total. The van der Waals surface area contributed by atoms with Gasteiger partial charge in [0, 0.05) is 16.4 Å². The minimum atomic E-state index is -0.456. The summed E-state index contributed by atoms with van der Waals surface area (Å²) in [5, 5.41) is 10.9. The molecule has 3 heteroatoms. The third-order valence-corrected chi connectivity index (χ3v) is 6.03. The van der Waals surface area contributed by atoms with Crippen LogP contribution in [0.15, 0.2) is 22.7 Å². The Morgan fingerprint density at radius 3 is 2.55 bits per heavy atom. The number of aliphatic hydroxyl groups excluding tert-OH is 1. The third-order valence-electron chi connectivity index (χ3n) is 5.18. The van der Waals surface area contributed by atoms with E-state index in [0.29, 0.717) is 6.54 Å². The Kier molecular flexibility index (Phi) is 5.27. The van der Waals surface area contributed by atoms with Crippen LogP contribution in [0.5, 0.6) is 0 Å². The number of benzene rings is 1. The molecule has 1 atom stereocenters. The van der Waals surface area contributed by atoms with Crippen LogP contribution >= 0.6 is 15.9 Å². The van der Waals surface area contributed by atoms with Crippen molar-refractivity contribution in [3.63, 3.8) is 0 Å². The number of aryl methyl sites for hydroxylation is 1. The van der Waals surface area contributed by atoms with Crippen molar-refractivity contribution < 1.29 is 5.11 Å². The number of rotatable bonds is 4. The van der Waals surface area contributed by atoms with E-state index < -0.39 is 6.10 Å². The Bertz CT molecular complexity index is 452. The minimum absolute atomic E-state index is 0.139. The topological polar surface area (TPSA) is 46.2 Å². The van der Waals surface area contributed by atoms with Crippen molar-refractivity contribution in [3.8, 4) is 0 Å². The molecule has 0 radical (unpaired) electrons. The first-order valence-electron chi connectivity index (χ1n) is 7.66. The van der Waals surface area contributed by atoms with Gasteiger partial charge in [-0.05, 0) is 55.7 Å². The summed E-state index contributed by atoms with van der Waals surface area (Å²) in [4.78, 5) is 0. The van der Waals surface area contributed by atoms with E-state index in [9.17, 15) is 5.11 Å². The molecule has 1 unspecified atom stereocenters. The second kappa shape index (κ2) is 6.59. The second-order valence-electron chi connectivity index (χ2n) is 6.33. The first-order valence-corrected chi connectivity index (χ1v) is 8.46. The van der Waals surface area contributed by atoms with Crippen molar-refractivity contribution in [1.29, 1.82) is 0 Å². The van der Waals surface area contributed by atoms with Gasteiger partial charge in [-0.2, -0.15) is 0 Å². The van der Waals surface area contributed by atoms with E-state index in [0.717, 1.165) is 28.8 Å². The number of halogens is 1. The molecule has 0 aliphatic heterocycles. The molecule has 0 saturated heterocycles. The van der Waals surface area contributed by atoms with E-state index in [1.807, 2.05) is 12.1 Å². The Morgan fingerprint density at radius 2 is 2.05 bits per heavy atom. The molecule has 2 nitrogen and oxygen atoms in total. The fourth-order valence-electron chi connectivity index (χ4n) is 3.38. The largest absolute Gasteiger partial charge is 0.388 e. The van der Waals surface area contributed by atoms with E-state index in [-0.39, 0.29) is 5.41 Å². The molecule has 1 aromatic carbocycles. The highest BCUT2D eigenvalue weighted by atomic mass is 79.9. The van der Waals surface area contributed by atoms with E-state index in [1.165, 1.54) is 24.8 Å². The lowest BCUT2D eigenvalue weighted by Crippen LogP contribution is -2.40. The predicted octanol–water partition coefficient (Wildman–Crippen LogP) is 4.34. The van der Waals surface area contributed by atoms with Crippen LogP contribution in [0.25, 0.3) is 0 Å². The van der Waals surface area contributed by atoms with Crippen molar-refractivity contribution in [1.82, 2.24) is 0 Å².